The molecule has 1 fully saturated rings. The predicted molar refractivity (Wildman–Crippen MR) is 74.1 cm³/mol. The van der Waals surface area contributed by atoms with E-state index in [9.17, 15) is 4.79 Å². The molecule has 2 rings (SSSR count). The molecular formula is C14H19ClN2O. The van der Waals surface area contributed by atoms with Gasteiger partial charge < -0.3 is 10.2 Å². The van der Waals surface area contributed by atoms with Crippen molar-refractivity contribution in [2.75, 3.05) is 26.2 Å². The lowest BCUT2D eigenvalue weighted by Gasteiger charge is -2.26. The van der Waals surface area contributed by atoms with Crippen LogP contribution >= 0.6 is 11.6 Å². The van der Waals surface area contributed by atoms with Gasteiger partial charge in [0.25, 0.3) is 5.91 Å². The quantitative estimate of drug-likeness (QED) is 0.908. The van der Waals surface area contributed by atoms with Crippen LogP contribution in [0.15, 0.2) is 24.3 Å². The van der Waals surface area contributed by atoms with E-state index in [1.165, 1.54) is 19.3 Å². The molecule has 1 saturated heterocycles. The minimum Gasteiger partial charge on any atom is -0.351 e. The standard InChI is InChI=1S/C14H19ClN2O/c15-13-6-4-5-12(11-13)14(18)16-7-10-17-8-2-1-3-9-17/h4-6,11H,1-3,7-10H2,(H,16,18). The van der Waals surface area contributed by atoms with Gasteiger partial charge in [-0.15, -0.1) is 0 Å². The first-order valence-corrected chi connectivity index (χ1v) is 6.89. The number of likely N-dealkylation sites (tertiary alicyclic amines) is 1. The van der Waals surface area contributed by atoms with E-state index < -0.39 is 0 Å². The molecule has 18 heavy (non-hydrogen) atoms. The second kappa shape index (κ2) is 6.76. The average molecular weight is 267 g/mol. The number of benzene rings is 1. The van der Waals surface area contributed by atoms with Gasteiger partial charge in [-0.3, -0.25) is 4.79 Å². The van der Waals surface area contributed by atoms with Crippen LogP contribution in [0.2, 0.25) is 5.02 Å². The monoisotopic (exact) mass is 266 g/mol. The molecule has 0 aliphatic carbocycles. The maximum atomic E-state index is 11.9. The summed E-state index contributed by atoms with van der Waals surface area (Å²) in [5.41, 5.74) is 0.626. The van der Waals surface area contributed by atoms with Gasteiger partial charge in [-0.2, -0.15) is 0 Å². The van der Waals surface area contributed by atoms with Crippen LogP contribution in [0.5, 0.6) is 0 Å². The van der Waals surface area contributed by atoms with E-state index in [0.29, 0.717) is 17.1 Å². The number of amides is 1. The summed E-state index contributed by atoms with van der Waals surface area (Å²) in [6.07, 6.45) is 3.90. The number of nitrogens with one attached hydrogen (secondary N) is 1. The van der Waals surface area contributed by atoms with E-state index in [2.05, 4.69) is 10.2 Å². The summed E-state index contributed by atoms with van der Waals surface area (Å²) >= 11 is 5.86. The fourth-order valence-corrected chi connectivity index (χ4v) is 2.43. The number of carbonyl (C=O) groups excluding carboxylic acids is 1. The third-order valence-corrected chi connectivity index (χ3v) is 3.48. The van der Waals surface area contributed by atoms with Crippen LogP contribution < -0.4 is 5.32 Å². The average Bonchev–Trinajstić information content (AvgIpc) is 2.40. The molecule has 0 spiro atoms. The first kappa shape index (κ1) is 13.4. The number of carbonyl (C=O) groups is 1. The topological polar surface area (TPSA) is 32.3 Å². The van der Waals surface area contributed by atoms with E-state index in [0.717, 1.165) is 19.6 Å². The molecule has 4 heteroatoms. The van der Waals surface area contributed by atoms with Crippen molar-refractivity contribution in [1.29, 1.82) is 0 Å². The zero-order valence-electron chi connectivity index (χ0n) is 10.5. The summed E-state index contributed by atoms with van der Waals surface area (Å²) in [5, 5.41) is 3.53. The Morgan fingerprint density at radius 1 is 1.28 bits per heavy atom. The summed E-state index contributed by atoms with van der Waals surface area (Å²) in [5.74, 6) is -0.0468. The second-order valence-electron chi connectivity index (χ2n) is 4.67. The second-order valence-corrected chi connectivity index (χ2v) is 5.10. The lowest BCUT2D eigenvalue weighted by molar-refractivity contribution is 0.0946. The van der Waals surface area contributed by atoms with Crippen molar-refractivity contribution in [2.24, 2.45) is 0 Å². The summed E-state index contributed by atoms with van der Waals surface area (Å²) < 4.78 is 0. The van der Waals surface area contributed by atoms with Crippen LogP contribution in [-0.4, -0.2) is 37.0 Å². The molecule has 1 aliphatic heterocycles. The molecule has 0 unspecified atom stereocenters. The number of nitrogens with zero attached hydrogens (tertiary/aromatic N) is 1. The maximum absolute atomic E-state index is 11.9. The van der Waals surface area contributed by atoms with Gasteiger partial charge in [-0.25, -0.2) is 0 Å². The molecule has 0 atom stereocenters. The van der Waals surface area contributed by atoms with Crippen molar-refractivity contribution in [2.45, 2.75) is 19.3 Å². The van der Waals surface area contributed by atoms with E-state index in [1.54, 1.807) is 24.3 Å². The first-order valence-electron chi connectivity index (χ1n) is 6.52. The van der Waals surface area contributed by atoms with Crippen LogP contribution in [0.1, 0.15) is 29.6 Å². The third-order valence-electron chi connectivity index (χ3n) is 3.25. The SMILES string of the molecule is O=C(NCCN1CCCCC1)c1cccc(Cl)c1. The molecule has 1 aliphatic rings. The smallest absolute Gasteiger partial charge is 0.251 e. The highest BCUT2D eigenvalue weighted by Crippen LogP contribution is 2.10. The van der Waals surface area contributed by atoms with Crippen molar-refractivity contribution in [1.82, 2.24) is 10.2 Å². The van der Waals surface area contributed by atoms with Gasteiger partial charge in [0.05, 0.1) is 0 Å². The van der Waals surface area contributed by atoms with Crippen LogP contribution in [-0.2, 0) is 0 Å². The lowest BCUT2D eigenvalue weighted by atomic mass is 10.1. The molecule has 1 N–H and O–H groups in total. The maximum Gasteiger partial charge on any atom is 0.251 e. The highest BCUT2D eigenvalue weighted by Gasteiger charge is 2.10. The fraction of sp³-hybridized carbons (Fsp3) is 0.500. The van der Waals surface area contributed by atoms with Gasteiger partial charge in [0.15, 0.2) is 0 Å². The fourth-order valence-electron chi connectivity index (χ4n) is 2.24. The highest BCUT2D eigenvalue weighted by molar-refractivity contribution is 6.30. The summed E-state index contributed by atoms with van der Waals surface area (Å²) in [6.45, 7) is 3.96. The summed E-state index contributed by atoms with van der Waals surface area (Å²) in [4.78, 5) is 14.3. The van der Waals surface area contributed by atoms with Crippen molar-refractivity contribution in [3.63, 3.8) is 0 Å². The number of hydrogen-bond acceptors (Lipinski definition) is 2. The van der Waals surface area contributed by atoms with E-state index in [-0.39, 0.29) is 5.91 Å². The Morgan fingerprint density at radius 3 is 2.78 bits per heavy atom. The minimum atomic E-state index is -0.0468. The van der Waals surface area contributed by atoms with Gasteiger partial charge in [0.1, 0.15) is 0 Å². The van der Waals surface area contributed by atoms with Crippen molar-refractivity contribution >= 4 is 17.5 Å². The number of halogens is 1. The Kier molecular flexibility index (Phi) is 5.02. The number of hydrogen-bond donors (Lipinski definition) is 1. The Labute approximate surface area is 113 Å². The molecule has 98 valence electrons. The molecule has 0 bridgehead atoms. The van der Waals surface area contributed by atoms with Crippen LogP contribution in [0.3, 0.4) is 0 Å². The Morgan fingerprint density at radius 2 is 2.06 bits per heavy atom. The molecule has 0 aromatic heterocycles. The molecule has 1 aromatic rings. The largest absolute Gasteiger partial charge is 0.351 e. The van der Waals surface area contributed by atoms with Gasteiger partial charge in [-0.1, -0.05) is 24.1 Å². The van der Waals surface area contributed by atoms with E-state index in [4.69, 9.17) is 11.6 Å². The molecule has 0 saturated carbocycles. The first-order chi connectivity index (χ1) is 8.75. The predicted octanol–water partition coefficient (Wildman–Crippen LogP) is 2.56. The van der Waals surface area contributed by atoms with Crippen LogP contribution in [0.4, 0.5) is 0 Å². The number of rotatable bonds is 4. The van der Waals surface area contributed by atoms with E-state index in [1.807, 2.05) is 0 Å². The van der Waals surface area contributed by atoms with Crippen LogP contribution in [0.25, 0.3) is 0 Å². The normalized spacial score (nSPS) is 16.5. The Balaban J connectivity index is 1.74. The Hall–Kier alpha value is -1.06. The van der Waals surface area contributed by atoms with Crippen LogP contribution in [0, 0.1) is 0 Å². The van der Waals surface area contributed by atoms with Gasteiger partial charge >= 0.3 is 0 Å². The molecule has 0 radical (unpaired) electrons. The van der Waals surface area contributed by atoms with E-state index >= 15 is 0 Å². The minimum absolute atomic E-state index is 0.0468. The molecule has 1 heterocycles. The lowest BCUT2D eigenvalue weighted by Crippen LogP contribution is -2.37. The molecule has 1 aromatic carbocycles. The van der Waals surface area contributed by atoms with Gasteiger partial charge in [-0.05, 0) is 44.1 Å². The molecular weight excluding hydrogens is 248 g/mol. The third kappa shape index (κ3) is 4.00. The van der Waals surface area contributed by atoms with Gasteiger partial charge in [0.2, 0.25) is 0 Å². The van der Waals surface area contributed by atoms with Crippen molar-refractivity contribution < 1.29 is 4.79 Å². The van der Waals surface area contributed by atoms with Gasteiger partial charge in [0, 0.05) is 23.7 Å². The zero-order valence-corrected chi connectivity index (χ0v) is 11.2. The summed E-state index contributed by atoms with van der Waals surface area (Å²) in [6, 6.07) is 7.04. The zero-order chi connectivity index (χ0) is 12.8. The summed E-state index contributed by atoms with van der Waals surface area (Å²) in [7, 11) is 0. The Bertz CT molecular complexity index is 403. The molecule has 3 nitrogen and oxygen atoms in total. The van der Waals surface area contributed by atoms with Crippen molar-refractivity contribution in [3.8, 4) is 0 Å². The molecule has 1 amide bonds. The highest BCUT2D eigenvalue weighted by atomic mass is 35.5. The number of piperidine rings is 1. The van der Waals surface area contributed by atoms with Crippen molar-refractivity contribution in [3.05, 3.63) is 34.9 Å².